The SMILES string of the molecule is CCOC(=O)c1cc([N+](=O)[O-])cc(F)c1-c1ccc(C(F)F)nc1. The van der Waals surface area contributed by atoms with Crippen molar-refractivity contribution in [2.75, 3.05) is 6.61 Å². The lowest BCUT2D eigenvalue weighted by Crippen LogP contribution is -2.09. The summed E-state index contributed by atoms with van der Waals surface area (Å²) in [5.74, 6) is -2.02. The fourth-order valence-electron chi connectivity index (χ4n) is 2.04. The van der Waals surface area contributed by atoms with Gasteiger partial charge in [-0.3, -0.25) is 15.1 Å². The van der Waals surface area contributed by atoms with Crippen LogP contribution in [0.25, 0.3) is 11.1 Å². The maximum Gasteiger partial charge on any atom is 0.339 e. The molecule has 2 aromatic rings. The highest BCUT2D eigenvalue weighted by molar-refractivity contribution is 5.98. The Labute approximate surface area is 134 Å². The van der Waals surface area contributed by atoms with Crippen LogP contribution in [-0.2, 0) is 4.74 Å². The number of nitrogens with zero attached hydrogens (tertiary/aromatic N) is 2. The molecule has 0 amide bonds. The van der Waals surface area contributed by atoms with Crippen molar-refractivity contribution in [3.8, 4) is 11.1 Å². The van der Waals surface area contributed by atoms with Crippen LogP contribution in [0.4, 0.5) is 18.9 Å². The zero-order valence-corrected chi connectivity index (χ0v) is 12.3. The number of hydrogen-bond acceptors (Lipinski definition) is 5. The first kappa shape index (κ1) is 17.4. The minimum Gasteiger partial charge on any atom is -0.462 e. The molecule has 0 bridgehead atoms. The standard InChI is InChI=1S/C15H11F3N2O4/c1-2-24-15(21)10-5-9(20(22)23)6-11(16)13(10)8-3-4-12(14(17)18)19-7-8/h3-7,14H,2H2,1H3. The number of halogens is 3. The Balaban J connectivity index is 2.62. The third kappa shape index (κ3) is 3.50. The normalized spacial score (nSPS) is 10.7. The van der Waals surface area contributed by atoms with Gasteiger partial charge in [0.1, 0.15) is 11.5 Å². The summed E-state index contributed by atoms with van der Waals surface area (Å²) in [6.45, 7) is 1.50. The van der Waals surface area contributed by atoms with Gasteiger partial charge in [0, 0.05) is 23.4 Å². The number of hydrogen-bond donors (Lipinski definition) is 0. The zero-order valence-electron chi connectivity index (χ0n) is 12.3. The number of carbonyl (C=O) groups excluding carboxylic acids is 1. The summed E-state index contributed by atoms with van der Waals surface area (Å²) in [6, 6.07) is 3.65. The van der Waals surface area contributed by atoms with E-state index < -0.39 is 34.5 Å². The summed E-state index contributed by atoms with van der Waals surface area (Å²) in [5.41, 5.74) is -1.80. The molecular weight excluding hydrogens is 329 g/mol. The minimum absolute atomic E-state index is 0.0227. The van der Waals surface area contributed by atoms with Gasteiger partial charge in [0.15, 0.2) is 0 Å². The molecule has 0 atom stereocenters. The van der Waals surface area contributed by atoms with Crippen molar-refractivity contribution in [3.05, 3.63) is 57.7 Å². The van der Waals surface area contributed by atoms with Crippen molar-refractivity contribution < 1.29 is 27.6 Å². The molecule has 0 N–H and O–H groups in total. The molecule has 24 heavy (non-hydrogen) atoms. The van der Waals surface area contributed by atoms with Crippen LogP contribution in [0, 0.1) is 15.9 Å². The Morgan fingerprint density at radius 1 is 1.38 bits per heavy atom. The summed E-state index contributed by atoms with van der Waals surface area (Å²) < 4.78 is 44.2. The van der Waals surface area contributed by atoms with Gasteiger partial charge in [0.25, 0.3) is 12.1 Å². The Morgan fingerprint density at radius 3 is 2.58 bits per heavy atom. The van der Waals surface area contributed by atoms with E-state index in [1.54, 1.807) is 0 Å². The van der Waals surface area contributed by atoms with Crippen LogP contribution < -0.4 is 0 Å². The molecule has 0 saturated heterocycles. The Hall–Kier alpha value is -2.97. The molecule has 0 saturated carbocycles. The monoisotopic (exact) mass is 340 g/mol. The van der Waals surface area contributed by atoms with Crippen molar-refractivity contribution >= 4 is 11.7 Å². The number of aromatic nitrogens is 1. The van der Waals surface area contributed by atoms with E-state index in [1.165, 1.54) is 6.92 Å². The molecule has 1 heterocycles. The molecule has 0 aliphatic rings. The predicted octanol–water partition coefficient (Wildman–Crippen LogP) is 3.91. The van der Waals surface area contributed by atoms with Crippen molar-refractivity contribution in [2.24, 2.45) is 0 Å². The average molecular weight is 340 g/mol. The van der Waals surface area contributed by atoms with Crippen molar-refractivity contribution in [1.82, 2.24) is 4.98 Å². The molecule has 126 valence electrons. The van der Waals surface area contributed by atoms with Crippen LogP contribution in [-0.4, -0.2) is 22.5 Å². The predicted molar refractivity (Wildman–Crippen MR) is 77.2 cm³/mol. The minimum atomic E-state index is -2.80. The number of rotatable bonds is 5. The maximum absolute atomic E-state index is 14.3. The lowest BCUT2D eigenvalue weighted by atomic mass is 9.99. The van der Waals surface area contributed by atoms with Crippen LogP contribution >= 0.6 is 0 Å². The fourth-order valence-corrected chi connectivity index (χ4v) is 2.04. The van der Waals surface area contributed by atoms with Crippen molar-refractivity contribution in [3.63, 3.8) is 0 Å². The number of ether oxygens (including phenoxy) is 1. The van der Waals surface area contributed by atoms with Gasteiger partial charge in [-0.2, -0.15) is 0 Å². The second-order valence-electron chi connectivity index (χ2n) is 4.60. The number of non-ortho nitro benzene ring substituents is 1. The lowest BCUT2D eigenvalue weighted by molar-refractivity contribution is -0.385. The van der Waals surface area contributed by atoms with Crippen LogP contribution in [0.15, 0.2) is 30.5 Å². The van der Waals surface area contributed by atoms with E-state index in [4.69, 9.17) is 4.74 Å². The van der Waals surface area contributed by atoms with E-state index >= 15 is 0 Å². The largest absolute Gasteiger partial charge is 0.462 e. The fraction of sp³-hybridized carbons (Fsp3) is 0.200. The molecule has 0 radical (unpaired) electrons. The van der Waals surface area contributed by atoms with Gasteiger partial charge in [-0.1, -0.05) is 6.07 Å². The summed E-state index contributed by atoms with van der Waals surface area (Å²) in [4.78, 5) is 25.5. The van der Waals surface area contributed by atoms with Gasteiger partial charge < -0.3 is 4.74 Å². The molecule has 2 rings (SSSR count). The molecule has 0 fully saturated rings. The number of nitro groups is 1. The van der Waals surface area contributed by atoms with E-state index in [9.17, 15) is 28.1 Å². The first-order valence-corrected chi connectivity index (χ1v) is 6.74. The molecule has 0 aliphatic carbocycles. The molecule has 0 aliphatic heterocycles. The van der Waals surface area contributed by atoms with Crippen LogP contribution in [0.3, 0.4) is 0 Å². The second kappa shape index (κ2) is 7.07. The van der Waals surface area contributed by atoms with Crippen molar-refractivity contribution in [1.29, 1.82) is 0 Å². The average Bonchev–Trinajstić information content (AvgIpc) is 2.54. The van der Waals surface area contributed by atoms with Gasteiger partial charge in [0.05, 0.1) is 23.2 Å². The number of alkyl halides is 2. The highest BCUT2D eigenvalue weighted by Gasteiger charge is 2.24. The van der Waals surface area contributed by atoms with Gasteiger partial charge >= 0.3 is 5.97 Å². The number of nitro benzene ring substituents is 1. The van der Waals surface area contributed by atoms with Gasteiger partial charge in [0.2, 0.25) is 0 Å². The summed E-state index contributed by atoms with van der Waals surface area (Å²) in [6.07, 6.45) is -1.83. The van der Waals surface area contributed by atoms with E-state index in [-0.39, 0.29) is 23.3 Å². The Morgan fingerprint density at radius 2 is 2.08 bits per heavy atom. The Bertz CT molecular complexity index is 779. The number of carbonyl (C=O) groups is 1. The van der Waals surface area contributed by atoms with Gasteiger partial charge in [-0.05, 0) is 13.0 Å². The third-order valence-electron chi connectivity index (χ3n) is 3.08. The smallest absolute Gasteiger partial charge is 0.339 e. The molecule has 0 unspecified atom stereocenters. The molecule has 0 spiro atoms. The molecule has 6 nitrogen and oxygen atoms in total. The summed E-state index contributed by atoms with van der Waals surface area (Å²) in [5, 5.41) is 10.8. The summed E-state index contributed by atoms with van der Waals surface area (Å²) >= 11 is 0. The number of benzene rings is 1. The first-order chi connectivity index (χ1) is 11.3. The molecule has 9 heteroatoms. The van der Waals surface area contributed by atoms with E-state index in [0.717, 1.165) is 24.4 Å². The van der Waals surface area contributed by atoms with Gasteiger partial charge in [-0.15, -0.1) is 0 Å². The second-order valence-corrected chi connectivity index (χ2v) is 4.60. The number of pyridine rings is 1. The first-order valence-electron chi connectivity index (χ1n) is 6.74. The topological polar surface area (TPSA) is 82.3 Å². The van der Waals surface area contributed by atoms with E-state index in [2.05, 4.69) is 4.98 Å². The lowest BCUT2D eigenvalue weighted by Gasteiger charge is -2.10. The Kier molecular flexibility index (Phi) is 5.12. The third-order valence-corrected chi connectivity index (χ3v) is 3.08. The highest BCUT2D eigenvalue weighted by Crippen LogP contribution is 2.31. The van der Waals surface area contributed by atoms with Crippen molar-refractivity contribution in [2.45, 2.75) is 13.3 Å². The quantitative estimate of drug-likeness (QED) is 0.468. The maximum atomic E-state index is 14.3. The van der Waals surface area contributed by atoms with Crippen LogP contribution in [0.1, 0.15) is 29.4 Å². The zero-order chi connectivity index (χ0) is 17.9. The van der Waals surface area contributed by atoms with Crippen LogP contribution in [0.2, 0.25) is 0 Å². The number of esters is 1. The molecule has 1 aromatic heterocycles. The van der Waals surface area contributed by atoms with E-state index in [0.29, 0.717) is 6.07 Å². The molecule has 1 aromatic carbocycles. The van der Waals surface area contributed by atoms with Crippen LogP contribution in [0.5, 0.6) is 0 Å². The van der Waals surface area contributed by atoms with E-state index in [1.807, 2.05) is 0 Å². The summed E-state index contributed by atoms with van der Waals surface area (Å²) in [7, 11) is 0. The molecular formula is C15H11F3N2O4. The van der Waals surface area contributed by atoms with Gasteiger partial charge in [-0.25, -0.2) is 18.0 Å². The highest BCUT2D eigenvalue weighted by atomic mass is 19.3.